The Morgan fingerprint density at radius 1 is 0.806 bits per heavy atom. The van der Waals surface area contributed by atoms with Gasteiger partial charge in [0.25, 0.3) is 0 Å². The lowest BCUT2D eigenvalue weighted by Crippen LogP contribution is -2.39. The third kappa shape index (κ3) is 7.13. The Balaban J connectivity index is 1.29. The molecule has 0 bridgehead atoms. The Morgan fingerprint density at radius 2 is 1.25 bits per heavy atom. The van der Waals surface area contributed by atoms with Crippen molar-refractivity contribution < 1.29 is 19.3 Å². The first kappa shape index (κ1) is 27.2. The van der Waals surface area contributed by atoms with Gasteiger partial charge in [-0.15, -0.1) is 33.7 Å². The van der Waals surface area contributed by atoms with Crippen LogP contribution < -0.4 is 0 Å². The number of rotatable bonds is 10. The van der Waals surface area contributed by atoms with Crippen molar-refractivity contribution in [3.8, 4) is 0 Å². The van der Waals surface area contributed by atoms with Gasteiger partial charge in [0.1, 0.15) is 21.4 Å². The SMILES string of the molecule is CCCSc1nsnc1C1=CCCN(OC(=O)C(=O)ON2CCC=C(c3nsnc3SCCC)C2)C1. The molecule has 0 N–H and O–H groups in total. The van der Waals surface area contributed by atoms with E-state index in [0.29, 0.717) is 39.0 Å². The number of nitrogens with zero attached hydrogens (tertiary/aromatic N) is 6. The number of hydrogen-bond acceptors (Lipinski definition) is 14. The standard InChI is InChI=1S/C22H28N6O4S4/c1-3-11-33-19-17(23-35-25-19)15-7-5-9-27(13-15)31-21(29)22(30)32-28-10-6-8-16(14-28)18-20(26-36-24-18)34-12-4-2/h7-8H,3-6,9-14H2,1-2H3. The van der Waals surface area contributed by atoms with E-state index in [2.05, 4.69) is 43.5 Å². The number of carbonyl (C=O) groups is 2. The molecule has 10 nitrogen and oxygen atoms in total. The molecule has 4 heterocycles. The van der Waals surface area contributed by atoms with Gasteiger partial charge in [-0.05, 0) is 48.3 Å². The molecule has 0 saturated heterocycles. The minimum absolute atomic E-state index is 0.343. The summed E-state index contributed by atoms with van der Waals surface area (Å²) in [5, 5.41) is 4.74. The van der Waals surface area contributed by atoms with Crippen LogP contribution in [0.2, 0.25) is 0 Å². The van der Waals surface area contributed by atoms with Crippen molar-refractivity contribution in [1.29, 1.82) is 0 Å². The smallest absolute Gasteiger partial charge is 0.359 e. The number of hydroxylamine groups is 4. The van der Waals surface area contributed by atoms with Crippen molar-refractivity contribution in [1.82, 2.24) is 27.6 Å². The van der Waals surface area contributed by atoms with Gasteiger partial charge in [0.2, 0.25) is 0 Å². The van der Waals surface area contributed by atoms with E-state index in [-0.39, 0.29) is 0 Å². The second-order valence-corrected chi connectivity index (χ2v) is 11.3. The Labute approximate surface area is 227 Å². The second kappa shape index (κ2) is 13.6. The quantitative estimate of drug-likeness (QED) is 0.303. The molecule has 2 aromatic heterocycles. The average Bonchev–Trinajstić information content (AvgIpc) is 3.56. The van der Waals surface area contributed by atoms with Crippen molar-refractivity contribution in [2.75, 3.05) is 37.7 Å². The van der Waals surface area contributed by atoms with Crippen LogP contribution in [0.25, 0.3) is 11.1 Å². The maximum Gasteiger partial charge on any atom is 0.438 e. The van der Waals surface area contributed by atoms with Crippen LogP contribution in [0.1, 0.15) is 50.9 Å². The van der Waals surface area contributed by atoms with Crippen LogP contribution in [-0.2, 0) is 19.3 Å². The summed E-state index contributed by atoms with van der Waals surface area (Å²) in [6.07, 6.45) is 7.59. The minimum Gasteiger partial charge on any atom is -0.359 e. The molecule has 2 aliphatic heterocycles. The van der Waals surface area contributed by atoms with E-state index < -0.39 is 11.9 Å². The van der Waals surface area contributed by atoms with Crippen LogP contribution in [0.4, 0.5) is 0 Å². The molecule has 36 heavy (non-hydrogen) atoms. The van der Waals surface area contributed by atoms with Crippen molar-refractivity contribution in [2.45, 2.75) is 49.6 Å². The summed E-state index contributed by atoms with van der Waals surface area (Å²) >= 11 is 5.68. The number of carbonyl (C=O) groups excluding carboxylic acids is 2. The van der Waals surface area contributed by atoms with Gasteiger partial charge in [-0.3, -0.25) is 0 Å². The Morgan fingerprint density at radius 3 is 1.67 bits per heavy atom. The lowest BCUT2D eigenvalue weighted by Gasteiger charge is -2.27. The molecule has 0 radical (unpaired) electrons. The summed E-state index contributed by atoms with van der Waals surface area (Å²) in [5.41, 5.74) is 3.52. The largest absolute Gasteiger partial charge is 0.438 e. The fraction of sp³-hybridized carbons (Fsp3) is 0.545. The van der Waals surface area contributed by atoms with Crippen molar-refractivity contribution in [3.05, 3.63) is 23.5 Å². The lowest BCUT2D eigenvalue weighted by molar-refractivity contribution is -0.215. The summed E-state index contributed by atoms with van der Waals surface area (Å²) in [5.74, 6) is -0.166. The number of aromatic nitrogens is 4. The van der Waals surface area contributed by atoms with Crippen LogP contribution in [0, 0.1) is 0 Å². The number of thioether (sulfide) groups is 2. The van der Waals surface area contributed by atoms with Crippen LogP contribution in [0.15, 0.2) is 22.2 Å². The summed E-state index contributed by atoms with van der Waals surface area (Å²) in [6, 6.07) is 0. The Kier molecular flexibility index (Phi) is 10.3. The highest BCUT2D eigenvalue weighted by molar-refractivity contribution is 7.99. The molecule has 0 amide bonds. The maximum atomic E-state index is 12.5. The molecule has 2 aliphatic rings. The van der Waals surface area contributed by atoms with Crippen molar-refractivity contribution >= 4 is 70.1 Å². The average molecular weight is 569 g/mol. The van der Waals surface area contributed by atoms with Gasteiger partial charge < -0.3 is 9.68 Å². The van der Waals surface area contributed by atoms with Gasteiger partial charge in [-0.25, -0.2) is 9.59 Å². The maximum absolute atomic E-state index is 12.5. The summed E-state index contributed by atoms with van der Waals surface area (Å²) in [6.45, 7) is 5.90. The van der Waals surface area contributed by atoms with Gasteiger partial charge in [0.15, 0.2) is 0 Å². The highest BCUT2D eigenvalue weighted by atomic mass is 32.2. The van der Waals surface area contributed by atoms with Crippen LogP contribution in [0.5, 0.6) is 0 Å². The zero-order valence-corrected chi connectivity index (χ0v) is 23.4. The summed E-state index contributed by atoms with van der Waals surface area (Å²) < 4.78 is 17.6. The monoisotopic (exact) mass is 568 g/mol. The summed E-state index contributed by atoms with van der Waals surface area (Å²) in [4.78, 5) is 35.8. The molecule has 0 unspecified atom stereocenters. The van der Waals surface area contributed by atoms with E-state index in [1.54, 1.807) is 23.5 Å². The highest BCUT2D eigenvalue weighted by Gasteiger charge is 2.29. The van der Waals surface area contributed by atoms with Gasteiger partial charge in [-0.2, -0.15) is 17.5 Å². The van der Waals surface area contributed by atoms with Gasteiger partial charge >= 0.3 is 11.9 Å². The second-order valence-electron chi connectivity index (χ2n) is 8.05. The van der Waals surface area contributed by atoms with E-state index in [1.165, 1.54) is 33.6 Å². The molecule has 0 spiro atoms. The first-order valence-corrected chi connectivity index (χ1v) is 15.3. The normalized spacial score (nSPS) is 16.9. The molecule has 0 atom stereocenters. The predicted molar refractivity (Wildman–Crippen MR) is 142 cm³/mol. The Bertz CT molecular complexity index is 1030. The first-order chi connectivity index (χ1) is 17.6. The third-order valence-corrected chi connectivity index (χ3v) is 8.86. The third-order valence-electron chi connectivity index (χ3n) is 5.23. The molecular formula is C22H28N6O4S4. The van der Waals surface area contributed by atoms with Crippen molar-refractivity contribution in [2.24, 2.45) is 0 Å². The Hall–Kier alpha value is -1.84. The first-order valence-electron chi connectivity index (χ1n) is 11.8. The van der Waals surface area contributed by atoms with E-state index in [0.717, 1.165) is 56.9 Å². The van der Waals surface area contributed by atoms with Gasteiger partial charge in [0, 0.05) is 13.1 Å². The van der Waals surface area contributed by atoms with Crippen LogP contribution in [-0.4, -0.2) is 77.2 Å². The van der Waals surface area contributed by atoms with E-state index in [9.17, 15) is 9.59 Å². The fourth-order valence-electron chi connectivity index (χ4n) is 3.58. The molecule has 0 saturated carbocycles. The molecule has 0 aliphatic carbocycles. The predicted octanol–water partition coefficient (Wildman–Crippen LogP) is 4.19. The lowest BCUT2D eigenvalue weighted by atomic mass is 10.1. The zero-order valence-electron chi connectivity index (χ0n) is 20.2. The summed E-state index contributed by atoms with van der Waals surface area (Å²) in [7, 11) is 0. The molecule has 2 aromatic rings. The molecule has 0 fully saturated rings. The zero-order chi connectivity index (χ0) is 25.3. The van der Waals surface area contributed by atoms with Gasteiger partial charge in [-0.1, -0.05) is 26.0 Å². The topological polar surface area (TPSA) is 111 Å². The molecular weight excluding hydrogens is 541 g/mol. The molecule has 4 rings (SSSR count). The highest BCUT2D eigenvalue weighted by Crippen LogP contribution is 2.31. The number of hydrogen-bond donors (Lipinski definition) is 0. The van der Waals surface area contributed by atoms with E-state index in [4.69, 9.17) is 9.68 Å². The molecule has 0 aromatic carbocycles. The van der Waals surface area contributed by atoms with Crippen molar-refractivity contribution in [3.63, 3.8) is 0 Å². The van der Waals surface area contributed by atoms with E-state index >= 15 is 0 Å². The molecule has 14 heteroatoms. The minimum atomic E-state index is -1.04. The van der Waals surface area contributed by atoms with Crippen LogP contribution >= 0.6 is 47.0 Å². The van der Waals surface area contributed by atoms with E-state index in [1.807, 2.05) is 0 Å². The van der Waals surface area contributed by atoms with Gasteiger partial charge in [0.05, 0.1) is 36.5 Å². The molecule has 194 valence electrons. The fourth-order valence-corrected chi connectivity index (χ4v) is 6.71. The van der Waals surface area contributed by atoms with Crippen LogP contribution in [0.3, 0.4) is 0 Å².